The summed E-state index contributed by atoms with van der Waals surface area (Å²) in [6.07, 6.45) is 7.78. The van der Waals surface area contributed by atoms with E-state index in [1.807, 2.05) is 6.55 Å². The van der Waals surface area contributed by atoms with E-state index >= 15 is 0 Å². The van der Waals surface area contributed by atoms with Crippen LogP contribution >= 0.6 is 12.6 Å². The molecule has 0 fully saturated rings. The number of aliphatic hydroxyl groups excluding tert-OH is 2. The monoisotopic (exact) mass is 315 g/mol. The first-order chi connectivity index (χ1) is 9.42. The average molecular weight is 316 g/mol. The van der Waals surface area contributed by atoms with E-state index < -0.39 is 12.8 Å². The highest BCUT2D eigenvalue weighted by atomic mass is 32.1. The van der Waals surface area contributed by atoms with Crippen molar-refractivity contribution in [3.63, 3.8) is 0 Å². The summed E-state index contributed by atoms with van der Waals surface area (Å²) in [6.45, 7) is 5.81. The normalized spacial score (nSPS) is 17.0. The molecule has 20 heavy (non-hydrogen) atoms. The van der Waals surface area contributed by atoms with E-state index in [2.05, 4.69) is 25.6 Å². The Morgan fingerprint density at radius 3 is 2.35 bits per heavy atom. The van der Waals surface area contributed by atoms with Crippen LogP contribution in [0, 0.1) is 17.2 Å². The lowest BCUT2D eigenvalue weighted by atomic mass is 10.1. The SMILES string of the molecule is CCCCCCCCC(S)(C#N)/[Si](C)=C(\O)C(C)CO. The van der Waals surface area contributed by atoms with Crippen molar-refractivity contribution in [1.82, 2.24) is 0 Å². The second kappa shape index (κ2) is 10.4. The minimum Gasteiger partial charge on any atom is -0.518 e. The van der Waals surface area contributed by atoms with Gasteiger partial charge in [0.25, 0.3) is 0 Å². The molecule has 3 nitrogen and oxygen atoms in total. The zero-order valence-electron chi connectivity index (χ0n) is 13.0. The number of rotatable bonds is 10. The molecule has 0 amide bonds. The van der Waals surface area contributed by atoms with Crippen LogP contribution in [0.15, 0.2) is 0 Å². The fourth-order valence-electron chi connectivity index (χ4n) is 2.16. The zero-order chi connectivity index (χ0) is 15.6. The molecule has 0 spiro atoms. The molecule has 5 heteroatoms. The van der Waals surface area contributed by atoms with E-state index in [0.29, 0.717) is 6.42 Å². The Hall–Kier alpha value is -0.313. The van der Waals surface area contributed by atoms with Crippen LogP contribution in [0.4, 0.5) is 0 Å². The maximum Gasteiger partial charge on any atom is 0.108 e. The highest BCUT2D eigenvalue weighted by Crippen LogP contribution is 2.24. The summed E-state index contributed by atoms with van der Waals surface area (Å²) in [5, 5.41) is 28.9. The molecule has 2 N–H and O–H groups in total. The van der Waals surface area contributed by atoms with Gasteiger partial charge in [-0.15, -0.1) is 0 Å². The van der Waals surface area contributed by atoms with Gasteiger partial charge in [-0.2, -0.15) is 17.9 Å². The van der Waals surface area contributed by atoms with Crippen molar-refractivity contribution in [3.8, 4) is 6.07 Å². The number of thiol groups is 1. The van der Waals surface area contributed by atoms with Crippen LogP contribution in [0.1, 0.15) is 58.8 Å². The molecule has 0 bridgehead atoms. The van der Waals surface area contributed by atoms with E-state index in [1.165, 1.54) is 25.7 Å². The first-order valence-corrected chi connectivity index (χ1v) is 10.0. The van der Waals surface area contributed by atoms with Crippen molar-refractivity contribution in [2.45, 2.75) is 69.7 Å². The van der Waals surface area contributed by atoms with Crippen LogP contribution in [0.3, 0.4) is 0 Å². The third kappa shape index (κ3) is 6.42. The van der Waals surface area contributed by atoms with Crippen LogP contribution in [0.2, 0.25) is 6.55 Å². The van der Waals surface area contributed by atoms with Gasteiger partial charge >= 0.3 is 0 Å². The first kappa shape index (κ1) is 19.7. The van der Waals surface area contributed by atoms with E-state index in [9.17, 15) is 10.4 Å². The number of unbranched alkanes of at least 4 members (excludes halogenated alkanes) is 5. The van der Waals surface area contributed by atoms with Crippen molar-refractivity contribution in [3.05, 3.63) is 0 Å². The summed E-state index contributed by atoms with van der Waals surface area (Å²) in [5.41, 5.74) is 0. The quantitative estimate of drug-likeness (QED) is 0.329. The van der Waals surface area contributed by atoms with Gasteiger partial charge in [0.1, 0.15) is 4.37 Å². The predicted molar refractivity (Wildman–Crippen MR) is 90.1 cm³/mol. The van der Waals surface area contributed by atoms with Crippen LogP contribution in [-0.4, -0.2) is 35.0 Å². The van der Waals surface area contributed by atoms with Crippen molar-refractivity contribution in [1.29, 1.82) is 5.26 Å². The summed E-state index contributed by atoms with van der Waals surface area (Å²) >= 11 is 4.55. The van der Waals surface area contributed by atoms with Gasteiger partial charge in [0.2, 0.25) is 0 Å². The lowest BCUT2D eigenvalue weighted by molar-refractivity contribution is 0.259. The topological polar surface area (TPSA) is 64.2 Å². The molecule has 2 unspecified atom stereocenters. The smallest absolute Gasteiger partial charge is 0.108 e. The maximum absolute atomic E-state index is 10.1. The molecule has 2 atom stereocenters. The molecule has 0 aliphatic carbocycles. The molecule has 0 aromatic carbocycles. The summed E-state index contributed by atoms with van der Waals surface area (Å²) < 4.78 is -0.747. The van der Waals surface area contributed by atoms with E-state index in [-0.39, 0.29) is 17.9 Å². The second-order valence-corrected chi connectivity index (χ2v) is 9.38. The van der Waals surface area contributed by atoms with Gasteiger partial charge in [0.05, 0.1) is 26.4 Å². The summed E-state index contributed by atoms with van der Waals surface area (Å²) in [6, 6.07) is 2.29. The average Bonchev–Trinajstić information content (AvgIpc) is 2.48. The Kier molecular flexibility index (Phi) is 10.3. The Labute approximate surface area is 130 Å². The Balaban J connectivity index is 4.51. The van der Waals surface area contributed by atoms with Gasteiger partial charge in [-0.1, -0.05) is 58.9 Å². The fraction of sp³-hybridized carbons (Fsp3) is 0.867. The Morgan fingerprint density at radius 2 is 1.85 bits per heavy atom. The van der Waals surface area contributed by atoms with E-state index in [0.717, 1.165) is 12.8 Å². The molecule has 0 radical (unpaired) electrons. The summed E-state index contributed by atoms with van der Waals surface area (Å²) in [5.74, 6) is -0.265. The van der Waals surface area contributed by atoms with Gasteiger partial charge in [-0.05, 0) is 6.42 Å². The highest BCUT2D eigenvalue weighted by molar-refractivity contribution is 7.84. The van der Waals surface area contributed by atoms with Crippen LogP contribution in [0.5, 0.6) is 0 Å². The van der Waals surface area contributed by atoms with Crippen molar-refractivity contribution < 1.29 is 10.2 Å². The maximum atomic E-state index is 10.1. The summed E-state index contributed by atoms with van der Waals surface area (Å²) in [7, 11) is -1.45. The minimum absolute atomic E-state index is 0.0832. The van der Waals surface area contributed by atoms with E-state index in [1.54, 1.807) is 6.92 Å². The second-order valence-electron chi connectivity index (χ2n) is 5.58. The van der Waals surface area contributed by atoms with Gasteiger partial charge in [-0.25, -0.2) is 0 Å². The van der Waals surface area contributed by atoms with Gasteiger partial charge in [-0.3, -0.25) is 0 Å². The fourth-order valence-corrected chi connectivity index (χ4v) is 4.63. The number of hydrogen-bond donors (Lipinski definition) is 3. The molecule has 0 saturated carbocycles. The lowest BCUT2D eigenvalue weighted by Crippen LogP contribution is -2.39. The minimum atomic E-state index is -1.45. The number of nitrogens with zero attached hydrogens (tertiary/aromatic N) is 1. The first-order valence-electron chi connectivity index (χ1n) is 7.57. The number of aliphatic hydroxyl groups is 2. The van der Waals surface area contributed by atoms with Gasteiger partial charge < -0.3 is 10.2 Å². The molecule has 0 aromatic heterocycles. The molecule has 0 aromatic rings. The van der Waals surface area contributed by atoms with Crippen molar-refractivity contribution >= 4 is 26.4 Å². The van der Waals surface area contributed by atoms with Crippen molar-refractivity contribution in [2.24, 2.45) is 5.92 Å². The summed E-state index contributed by atoms with van der Waals surface area (Å²) in [4.78, 5) is 0. The third-order valence-electron chi connectivity index (χ3n) is 3.82. The molecular weight excluding hydrogens is 286 g/mol. The Morgan fingerprint density at radius 1 is 1.30 bits per heavy atom. The molecule has 0 aliphatic rings. The van der Waals surface area contributed by atoms with Gasteiger partial charge in [0.15, 0.2) is 0 Å². The molecule has 0 heterocycles. The largest absolute Gasteiger partial charge is 0.518 e. The zero-order valence-corrected chi connectivity index (χ0v) is 14.9. The lowest BCUT2D eigenvalue weighted by Gasteiger charge is -2.23. The number of hydrogen-bond acceptors (Lipinski definition) is 4. The van der Waals surface area contributed by atoms with Crippen LogP contribution in [-0.2, 0) is 0 Å². The molecular formula is C15H29NO2SSi. The number of nitriles is 1. The van der Waals surface area contributed by atoms with Gasteiger partial charge in [0, 0.05) is 5.92 Å². The highest BCUT2D eigenvalue weighted by Gasteiger charge is 2.31. The van der Waals surface area contributed by atoms with E-state index in [4.69, 9.17) is 5.11 Å². The molecule has 0 rings (SSSR count). The van der Waals surface area contributed by atoms with Crippen LogP contribution in [0.25, 0.3) is 0 Å². The Bertz CT molecular complexity index is 354. The molecule has 116 valence electrons. The molecule has 0 saturated heterocycles. The molecule has 0 aliphatic heterocycles. The predicted octanol–water partition coefficient (Wildman–Crippen LogP) is 3.31. The van der Waals surface area contributed by atoms with Crippen LogP contribution < -0.4 is 0 Å². The van der Waals surface area contributed by atoms with Crippen molar-refractivity contribution in [2.75, 3.05) is 6.61 Å². The standard InChI is InChI=1S/C15H29NO2SSi/c1-4-5-6-7-8-9-10-15(19,12-16)20(3)14(18)13(2)11-17/h13,17-19H,4-11H2,1-3H3/b20-14-. The third-order valence-corrected chi connectivity index (χ3v) is 8.02.